The summed E-state index contributed by atoms with van der Waals surface area (Å²) in [5.74, 6) is -4.54. The molecule has 0 bridgehead atoms. The lowest BCUT2D eigenvalue weighted by molar-refractivity contribution is -0.709. The van der Waals surface area contributed by atoms with Crippen LogP contribution in [0.25, 0.3) is 0 Å². The zero-order valence-corrected chi connectivity index (χ0v) is 24.1. The number of esters is 2. The van der Waals surface area contributed by atoms with Crippen LogP contribution < -0.4 is 16.4 Å². The fourth-order valence-corrected chi connectivity index (χ4v) is 4.35. The number of hydrogen-bond donors (Lipinski definition) is 3. The molecule has 0 rings (SSSR count). The highest BCUT2D eigenvalue weighted by Gasteiger charge is 2.28. The summed E-state index contributed by atoms with van der Waals surface area (Å²) >= 11 is 11.2. The molecule has 19 heteroatoms. The zero-order valence-electron chi connectivity index (χ0n) is 21.8. The fraction of sp³-hybridized carbons (Fsp3) is 0.800. The Hall–Kier alpha value is -2.63. The van der Waals surface area contributed by atoms with E-state index < -0.39 is 70.3 Å². The number of carbonyl (C=O) groups is 4. The third-order valence-electron chi connectivity index (χ3n) is 4.60. The van der Waals surface area contributed by atoms with E-state index in [0.29, 0.717) is 0 Å². The van der Waals surface area contributed by atoms with Crippen molar-refractivity contribution in [3.63, 3.8) is 0 Å². The predicted molar refractivity (Wildman–Crippen MR) is 139 cm³/mol. The van der Waals surface area contributed by atoms with Crippen LogP contribution in [0.3, 0.4) is 0 Å². The molecule has 0 heterocycles. The monoisotopic (exact) mass is 622 g/mol. The Morgan fingerprint density at radius 1 is 1.10 bits per heavy atom. The quantitative estimate of drug-likeness (QED) is 0.0344. The van der Waals surface area contributed by atoms with Gasteiger partial charge in [0.2, 0.25) is 17.1 Å². The number of nitrogens with one attached hydrogen (secondary N) is 2. The summed E-state index contributed by atoms with van der Waals surface area (Å²) < 4.78 is 34.7. The van der Waals surface area contributed by atoms with Crippen molar-refractivity contribution in [3.05, 3.63) is 5.21 Å². The smallest absolute Gasteiger partial charge is 0.325 e. The molecule has 16 nitrogen and oxygen atoms in total. The Morgan fingerprint density at radius 2 is 1.72 bits per heavy atom. The summed E-state index contributed by atoms with van der Waals surface area (Å²) in [7, 11) is -4.06. The van der Waals surface area contributed by atoms with Gasteiger partial charge in [-0.2, -0.15) is 0 Å². The number of amides is 2. The number of hydrogen-bond acceptors (Lipinski definition) is 12. The van der Waals surface area contributed by atoms with Gasteiger partial charge in [0, 0.05) is 18.2 Å². The van der Waals surface area contributed by atoms with Gasteiger partial charge < -0.3 is 35.9 Å². The van der Waals surface area contributed by atoms with Gasteiger partial charge in [-0.05, 0) is 20.3 Å². The van der Waals surface area contributed by atoms with Crippen LogP contribution in [-0.2, 0) is 43.3 Å². The predicted octanol–water partition coefficient (Wildman–Crippen LogP) is -1.18. The topological polar surface area (TPSA) is 222 Å². The molecule has 0 saturated heterocycles. The largest absolute Gasteiger partial charge is 0.569 e. The van der Waals surface area contributed by atoms with Gasteiger partial charge in [-0.25, -0.2) is 8.42 Å². The van der Waals surface area contributed by atoms with Crippen LogP contribution in [0.4, 0.5) is 0 Å². The molecule has 0 spiro atoms. The van der Waals surface area contributed by atoms with Crippen molar-refractivity contribution >= 4 is 56.8 Å². The van der Waals surface area contributed by atoms with E-state index in [0.717, 1.165) is 5.01 Å². The van der Waals surface area contributed by atoms with E-state index in [1.54, 1.807) is 13.8 Å². The highest BCUT2D eigenvalue weighted by atomic mass is 35.5. The second kappa shape index (κ2) is 20.3. The van der Waals surface area contributed by atoms with Crippen molar-refractivity contribution in [1.29, 1.82) is 0 Å². The maximum absolute atomic E-state index is 12.6. The molecule has 226 valence electrons. The van der Waals surface area contributed by atoms with E-state index in [4.69, 9.17) is 43.2 Å². The maximum atomic E-state index is 12.6. The minimum atomic E-state index is -4.06. The Kier molecular flexibility index (Phi) is 18.9. The molecule has 0 fully saturated rings. The van der Waals surface area contributed by atoms with Crippen molar-refractivity contribution in [2.75, 3.05) is 62.7 Å². The lowest BCUT2D eigenvalue weighted by atomic mass is 10.1. The van der Waals surface area contributed by atoms with Crippen molar-refractivity contribution in [2.24, 2.45) is 11.0 Å². The molecule has 0 aromatic heterocycles. The molecule has 2 amide bonds. The second-order valence-electron chi connectivity index (χ2n) is 7.65. The molecule has 0 aliphatic carbocycles. The van der Waals surface area contributed by atoms with Crippen LogP contribution in [0.15, 0.2) is 5.28 Å². The molecule has 0 radical (unpaired) electrons. The molecule has 0 aromatic carbocycles. The number of carbonyl (C=O) groups excluding carboxylic acids is 4. The van der Waals surface area contributed by atoms with E-state index in [1.807, 2.05) is 0 Å². The van der Waals surface area contributed by atoms with E-state index >= 15 is 0 Å². The first-order valence-electron chi connectivity index (χ1n) is 11.9. The number of hydrazine groups is 1. The van der Waals surface area contributed by atoms with E-state index in [2.05, 4.69) is 15.9 Å². The number of rotatable bonds is 21. The number of nitrogens with zero attached hydrogens (tertiary/aromatic N) is 3. The SMILES string of the molecule is CCOC(=O)CNC(=O)[C@H](CS(=O)(=O)CCO/N=[N+](\[O-])N(CCCl)CCCl)NC(=O)CC[C@H](N)C(=O)OCC. The summed E-state index contributed by atoms with van der Waals surface area (Å²) in [5.41, 5.74) is 5.65. The van der Waals surface area contributed by atoms with Crippen LogP contribution in [-0.4, -0.2) is 117 Å². The van der Waals surface area contributed by atoms with Gasteiger partial charge in [-0.1, -0.05) is 0 Å². The van der Waals surface area contributed by atoms with Crippen LogP contribution in [0, 0.1) is 5.21 Å². The highest BCUT2D eigenvalue weighted by Crippen LogP contribution is 2.02. The molecular formula is C20H36Cl2N6O10S. The Morgan fingerprint density at radius 3 is 2.28 bits per heavy atom. The van der Waals surface area contributed by atoms with Gasteiger partial charge in [-0.3, -0.25) is 19.2 Å². The average Bonchev–Trinajstić information content (AvgIpc) is 2.87. The van der Waals surface area contributed by atoms with Gasteiger partial charge in [0.05, 0.1) is 42.8 Å². The number of alkyl halides is 2. The Balaban J connectivity index is 5.23. The van der Waals surface area contributed by atoms with Crippen LogP contribution in [0.1, 0.15) is 26.7 Å². The molecule has 0 aliphatic heterocycles. The van der Waals surface area contributed by atoms with Crippen LogP contribution in [0.2, 0.25) is 0 Å². The summed E-state index contributed by atoms with van der Waals surface area (Å²) in [4.78, 5) is 53.0. The van der Waals surface area contributed by atoms with Crippen LogP contribution in [0.5, 0.6) is 0 Å². The molecule has 0 unspecified atom stereocenters. The summed E-state index contributed by atoms with van der Waals surface area (Å²) in [6.45, 7) is 2.44. The lowest BCUT2D eigenvalue weighted by Gasteiger charge is -2.19. The normalized spacial score (nSPS) is 13.1. The van der Waals surface area contributed by atoms with Gasteiger partial charge in [0.1, 0.15) is 25.2 Å². The van der Waals surface area contributed by atoms with Gasteiger partial charge in [0.25, 0.3) is 0 Å². The first kappa shape index (κ1) is 36.4. The van der Waals surface area contributed by atoms with Gasteiger partial charge >= 0.3 is 11.9 Å². The van der Waals surface area contributed by atoms with Crippen molar-refractivity contribution in [2.45, 2.75) is 38.8 Å². The van der Waals surface area contributed by atoms with Crippen LogP contribution >= 0.6 is 23.2 Å². The van der Waals surface area contributed by atoms with E-state index in [-0.39, 0.29) is 55.9 Å². The third-order valence-corrected chi connectivity index (χ3v) is 6.56. The molecule has 4 N–H and O–H groups in total. The minimum Gasteiger partial charge on any atom is -0.569 e. The summed E-state index contributed by atoms with van der Waals surface area (Å²) in [5, 5.41) is 20.7. The zero-order chi connectivity index (χ0) is 29.8. The Labute approximate surface area is 236 Å². The van der Waals surface area contributed by atoms with Crippen molar-refractivity contribution < 1.29 is 46.9 Å². The first-order valence-corrected chi connectivity index (χ1v) is 14.8. The summed E-state index contributed by atoms with van der Waals surface area (Å²) in [6, 6.07) is -2.70. The van der Waals surface area contributed by atoms with Crippen molar-refractivity contribution in [1.82, 2.24) is 15.6 Å². The molecular weight excluding hydrogens is 587 g/mol. The van der Waals surface area contributed by atoms with E-state index in [9.17, 15) is 32.8 Å². The molecule has 2 atom stereocenters. The number of halogens is 2. The summed E-state index contributed by atoms with van der Waals surface area (Å²) in [6.07, 6.45) is -0.440. The maximum Gasteiger partial charge on any atom is 0.325 e. The lowest BCUT2D eigenvalue weighted by Crippen LogP contribution is -2.52. The first-order chi connectivity index (χ1) is 18.4. The van der Waals surface area contributed by atoms with Gasteiger partial charge in [-0.15, -0.1) is 28.2 Å². The van der Waals surface area contributed by atoms with E-state index in [1.165, 1.54) is 0 Å². The molecule has 0 aromatic rings. The van der Waals surface area contributed by atoms with Crippen molar-refractivity contribution in [3.8, 4) is 0 Å². The Bertz CT molecular complexity index is 919. The number of nitrogens with two attached hydrogens (primary N) is 1. The second-order valence-corrected chi connectivity index (χ2v) is 10.6. The third kappa shape index (κ3) is 16.8. The minimum absolute atomic E-state index is 0.0608. The number of sulfone groups is 1. The molecule has 0 aliphatic rings. The standard InChI is InChI=1S/C20H36Cl2N6O10S/c1-3-36-18(30)13-24-19(31)16(25-17(29)6-5-15(23)20(32)37-4-2)14-39(34,35)12-11-38-26-28(33)27(9-7-21)10-8-22/h15-16H,3-14,23H2,1-2H3,(H,24,31)(H,25,29)/b28-26-/t15-,16-/m0/s1. The average molecular weight is 624 g/mol. The highest BCUT2D eigenvalue weighted by molar-refractivity contribution is 7.91. The van der Waals surface area contributed by atoms with Gasteiger partial charge in [0.15, 0.2) is 9.84 Å². The molecule has 0 saturated carbocycles. The number of ether oxygens (including phenoxy) is 2. The fourth-order valence-electron chi connectivity index (χ4n) is 2.72. The molecule has 39 heavy (non-hydrogen) atoms.